The van der Waals surface area contributed by atoms with Crippen LogP contribution < -0.4 is 5.32 Å². The van der Waals surface area contributed by atoms with E-state index in [9.17, 15) is 0 Å². The maximum absolute atomic E-state index is 5.33. The summed E-state index contributed by atoms with van der Waals surface area (Å²) >= 11 is 0. The summed E-state index contributed by atoms with van der Waals surface area (Å²) in [7, 11) is 0. The molecule has 0 amide bonds. The Balaban J connectivity index is 2.27. The molecule has 0 aromatic rings. The number of ether oxygens (including phenoxy) is 1. The molecule has 1 aliphatic rings. The van der Waals surface area contributed by atoms with Crippen molar-refractivity contribution in [1.82, 2.24) is 5.32 Å². The van der Waals surface area contributed by atoms with Gasteiger partial charge in [0.15, 0.2) is 0 Å². The van der Waals surface area contributed by atoms with Crippen LogP contribution in [-0.4, -0.2) is 25.8 Å². The molecule has 1 rings (SSSR count). The Morgan fingerprint density at radius 2 is 2.58 bits per heavy atom. The Morgan fingerprint density at radius 3 is 3.08 bits per heavy atom. The van der Waals surface area contributed by atoms with Gasteiger partial charge < -0.3 is 10.1 Å². The Kier molecular flexibility index (Phi) is 4.33. The molecular weight excluding hydrogens is 150 g/mol. The summed E-state index contributed by atoms with van der Waals surface area (Å²) in [6.45, 7) is 8.91. The molecule has 2 atom stereocenters. The van der Waals surface area contributed by atoms with E-state index in [4.69, 9.17) is 4.74 Å². The van der Waals surface area contributed by atoms with E-state index in [1.807, 2.05) is 6.08 Å². The SMILES string of the molecule is C=CC(NCCC)C1CCOC1. The molecule has 2 unspecified atom stereocenters. The smallest absolute Gasteiger partial charge is 0.0513 e. The van der Waals surface area contributed by atoms with Crippen LogP contribution in [0.15, 0.2) is 12.7 Å². The van der Waals surface area contributed by atoms with Crippen molar-refractivity contribution in [2.75, 3.05) is 19.8 Å². The lowest BCUT2D eigenvalue weighted by molar-refractivity contribution is 0.181. The molecule has 0 aromatic heterocycles. The first kappa shape index (κ1) is 9.75. The van der Waals surface area contributed by atoms with Gasteiger partial charge in [-0.2, -0.15) is 0 Å². The molecule has 0 saturated carbocycles. The minimum Gasteiger partial charge on any atom is -0.381 e. The van der Waals surface area contributed by atoms with Gasteiger partial charge in [0.1, 0.15) is 0 Å². The zero-order valence-electron chi connectivity index (χ0n) is 7.88. The van der Waals surface area contributed by atoms with E-state index in [1.165, 1.54) is 12.8 Å². The van der Waals surface area contributed by atoms with E-state index < -0.39 is 0 Å². The fraction of sp³-hybridized carbons (Fsp3) is 0.800. The number of hydrogen-bond donors (Lipinski definition) is 1. The highest BCUT2D eigenvalue weighted by Crippen LogP contribution is 2.17. The van der Waals surface area contributed by atoms with Crippen molar-refractivity contribution >= 4 is 0 Å². The van der Waals surface area contributed by atoms with Gasteiger partial charge in [0.05, 0.1) is 6.61 Å². The van der Waals surface area contributed by atoms with Crippen molar-refractivity contribution in [2.45, 2.75) is 25.8 Å². The van der Waals surface area contributed by atoms with E-state index in [0.717, 1.165) is 19.8 Å². The second kappa shape index (κ2) is 5.33. The van der Waals surface area contributed by atoms with Gasteiger partial charge in [-0.1, -0.05) is 13.0 Å². The lowest BCUT2D eigenvalue weighted by Crippen LogP contribution is -2.35. The van der Waals surface area contributed by atoms with Crippen molar-refractivity contribution in [2.24, 2.45) is 5.92 Å². The number of rotatable bonds is 5. The summed E-state index contributed by atoms with van der Waals surface area (Å²) < 4.78 is 5.33. The van der Waals surface area contributed by atoms with Gasteiger partial charge in [0, 0.05) is 18.6 Å². The first-order valence-electron chi connectivity index (χ1n) is 4.82. The Labute approximate surface area is 75.0 Å². The van der Waals surface area contributed by atoms with Gasteiger partial charge in [-0.05, 0) is 19.4 Å². The summed E-state index contributed by atoms with van der Waals surface area (Å²) in [4.78, 5) is 0. The number of hydrogen-bond acceptors (Lipinski definition) is 2. The molecule has 0 bridgehead atoms. The molecule has 1 saturated heterocycles. The maximum Gasteiger partial charge on any atom is 0.0513 e. The second-order valence-electron chi connectivity index (χ2n) is 3.34. The van der Waals surface area contributed by atoms with Gasteiger partial charge in [0.2, 0.25) is 0 Å². The van der Waals surface area contributed by atoms with Crippen LogP contribution in [0.3, 0.4) is 0 Å². The van der Waals surface area contributed by atoms with Crippen LogP contribution >= 0.6 is 0 Å². The van der Waals surface area contributed by atoms with Gasteiger partial charge >= 0.3 is 0 Å². The Morgan fingerprint density at radius 1 is 1.75 bits per heavy atom. The van der Waals surface area contributed by atoms with Crippen LogP contribution in [0.1, 0.15) is 19.8 Å². The minimum atomic E-state index is 0.451. The van der Waals surface area contributed by atoms with E-state index in [2.05, 4.69) is 18.8 Å². The van der Waals surface area contributed by atoms with Gasteiger partial charge in [0.25, 0.3) is 0 Å². The van der Waals surface area contributed by atoms with Crippen molar-refractivity contribution in [3.63, 3.8) is 0 Å². The quantitative estimate of drug-likeness (QED) is 0.631. The average molecular weight is 169 g/mol. The fourth-order valence-electron chi connectivity index (χ4n) is 1.59. The first-order chi connectivity index (χ1) is 5.88. The average Bonchev–Trinajstić information content (AvgIpc) is 2.59. The summed E-state index contributed by atoms with van der Waals surface area (Å²) in [5.41, 5.74) is 0. The zero-order valence-corrected chi connectivity index (χ0v) is 7.88. The summed E-state index contributed by atoms with van der Waals surface area (Å²) in [6, 6.07) is 0.451. The minimum absolute atomic E-state index is 0.451. The van der Waals surface area contributed by atoms with Crippen LogP contribution in [0.25, 0.3) is 0 Å². The van der Waals surface area contributed by atoms with Crippen LogP contribution in [0, 0.1) is 5.92 Å². The predicted molar refractivity (Wildman–Crippen MR) is 51.2 cm³/mol. The third-order valence-electron chi connectivity index (χ3n) is 2.36. The van der Waals surface area contributed by atoms with Gasteiger partial charge in [-0.15, -0.1) is 6.58 Å². The monoisotopic (exact) mass is 169 g/mol. The Bertz CT molecular complexity index is 130. The highest BCUT2D eigenvalue weighted by atomic mass is 16.5. The molecular formula is C10H19NO. The molecule has 1 aliphatic heterocycles. The van der Waals surface area contributed by atoms with Crippen molar-refractivity contribution in [3.05, 3.63) is 12.7 Å². The predicted octanol–water partition coefficient (Wildman–Crippen LogP) is 1.58. The van der Waals surface area contributed by atoms with E-state index in [0.29, 0.717) is 12.0 Å². The van der Waals surface area contributed by atoms with Crippen molar-refractivity contribution < 1.29 is 4.74 Å². The molecule has 12 heavy (non-hydrogen) atoms. The molecule has 0 aliphatic carbocycles. The third kappa shape index (κ3) is 2.61. The summed E-state index contributed by atoms with van der Waals surface area (Å²) in [6.07, 6.45) is 4.36. The largest absolute Gasteiger partial charge is 0.381 e. The zero-order chi connectivity index (χ0) is 8.81. The first-order valence-corrected chi connectivity index (χ1v) is 4.82. The van der Waals surface area contributed by atoms with Crippen molar-refractivity contribution in [1.29, 1.82) is 0 Å². The van der Waals surface area contributed by atoms with Gasteiger partial charge in [-0.25, -0.2) is 0 Å². The normalized spacial score (nSPS) is 25.6. The molecule has 2 heteroatoms. The van der Waals surface area contributed by atoms with E-state index >= 15 is 0 Å². The molecule has 1 N–H and O–H groups in total. The van der Waals surface area contributed by atoms with Crippen LogP contribution in [-0.2, 0) is 4.74 Å². The highest BCUT2D eigenvalue weighted by molar-refractivity contribution is 4.92. The van der Waals surface area contributed by atoms with E-state index in [-0.39, 0.29) is 0 Å². The van der Waals surface area contributed by atoms with E-state index in [1.54, 1.807) is 0 Å². The molecule has 0 spiro atoms. The molecule has 0 radical (unpaired) electrons. The molecule has 70 valence electrons. The molecule has 0 aromatic carbocycles. The lowest BCUT2D eigenvalue weighted by atomic mass is 9.99. The molecule has 1 heterocycles. The highest BCUT2D eigenvalue weighted by Gasteiger charge is 2.22. The lowest BCUT2D eigenvalue weighted by Gasteiger charge is -2.19. The topological polar surface area (TPSA) is 21.3 Å². The fourth-order valence-corrected chi connectivity index (χ4v) is 1.59. The Hall–Kier alpha value is -0.340. The standard InChI is InChI=1S/C10H19NO/c1-3-6-11-10(4-2)9-5-7-12-8-9/h4,9-11H,2-3,5-8H2,1H3. The second-order valence-corrected chi connectivity index (χ2v) is 3.34. The van der Waals surface area contributed by atoms with Crippen LogP contribution in [0.4, 0.5) is 0 Å². The number of nitrogens with one attached hydrogen (secondary N) is 1. The summed E-state index contributed by atoms with van der Waals surface area (Å²) in [5.74, 6) is 0.647. The molecule has 1 fully saturated rings. The van der Waals surface area contributed by atoms with Gasteiger partial charge in [-0.3, -0.25) is 0 Å². The van der Waals surface area contributed by atoms with Crippen molar-refractivity contribution in [3.8, 4) is 0 Å². The third-order valence-corrected chi connectivity index (χ3v) is 2.36. The van der Waals surface area contributed by atoms with Crippen LogP contribution in [0.5, 0.6) is 0 Å². The maximum atomic E-state index is 5.33. The summed E-state index contributed by atoms with van der Waals surface area (Å²) in [5, 5.41) is 3.46. The van der Waals surface area contributed by atoms with Crippen LogP contribution in [0.2, 0.25) is 0 Å². The molecule has 2 nitrogen and oxygen atoms in total.